The molecular weight excluding hydrogens is 473 g/mol. The van der Waals surface area contributed by atoms with Crippen LogP contribution in [0.15, 0.2) is 67.0 Å². The van der Waals surface area contributed by atoms with Crippen molar-refractivity contribution in [2.75, 3.05) is 5.32 Å². The van der Waals surface area contributed by atoms with Gasteiger partial charge in [0.2, 0.25) is 5.88 Å². The number of anilines is 1. The number of hydrogen-bond acceptors (Lipinski definition) is 6. The molecule has 2 aromatic carbocycles. The summed E-state index contributed by atoms with van der Waals surface area (Å²) < 4.78 is 21.3. The van der Waals surface area contributed by atoms with E-state index in [2.05, 4.69) is 30.9 Å². The highest BCUT2D eigenvalue weighted by Gasteiger charge is 2.24. The molecule has 1 fully saturated rings. The topological polar surface area (TPSA) is 109 Å². The number of imidazole rings is 1. The number of benzene rings is 2. The van der Waals surface area contributed by atoms with E-state index >= 15 is 0 Å². The second-order valence-corrected chi connectivity index (χ2v) is 9.05. The minimum atomic E-state index is -0.402. The highest BCUT2D eigenvalue weighted by molar-refractivity contribution is 5.96. The number of aromatic nitrogens is 5. The van der Waals surface area contributed by atoms with Crippen LogP contribution in [0.4, 0.5) is 10.1 Å². The van der Waals surface area contributed by atoms with E-state index in [1.54, 1.807) is 35.1 Å². The van der Waals surface area contributed by atoms with Crippen LogP contribution in [0, 0.1) is 12.7 Å². The van der Waals surface area contributed by atoms with E-state index in [0.29, 0.717) is 35.2 Å². The Labute approximate surface area is 211 Å². The first-order chi connectivity index (χ1) is 18.0. The zero-order valence-electron chi connectivity index (χ0n) is 20.0. The Morgan fingerprint density at radius 3 is 2.84 bits per heavy atom. The van der Waals surface area contributed by atoms with E-state index in [9.17, 15) is 9.18 Å². The Balaban J connectivity index is 1.38. The largest absolute Gasteiger partial charge is 0.437 e. The second-order valence-electron chi connectivity index (χ2n) is 9.05. The summed E-state index contributed by atoms with van der Waals surface area (Å²) in [5.74, 6) is 0.135. The quantitative estimate of drug-likeness (QED) is 0.282. The summed E-state index contributed by atoms with van der Waals surface area (Å²) in [6.07, 6.45) is 5.48. The normalized spacial score (nSPS) is 13.0. The second kappa shape index (κ2) is 9.38. The Morgan fingerprint density at radius 1 is 1.19 bits per heavy atom. The van der Waals surface area contributed by atoms with Crippen molar-refractivity contribution in [3.8, 4) is 22.9 Å². The molecule has 0 saturated heterocycles. The Morgan fingerprint density at radius 2 is 2.08 bits per heavy atom. The SMILES string of the molecule is Cc1cc(-c2cnc3c(NCc4ccn[nH]4)cc(Oc4cccc(F)c4)nn23)ccc1C(=O)NC1CC1. The average Bonchev–Trinajstić information content (AvgIpc) is 3.35. The molecule has 0 aliphatic heterocycles. The standard InChI is InChI=1S/C27H24FN7O2/c1-16-11-17(5-8-22(16)27(36)32-19-6-7-19)24-15-30-26-23(29-14-20-9-10-31-33-20)13-25(34-35(24)26)37-21-4-2-3-18(28)12-21/h2-5,8-13,15,19,29H,6-7,14H2,1H3,(H,31,33)(H,32,36). The van der Waals surface area contributed by atoms with Crippen LogP contribution in [0.25, 0.3) is 16.9 Å². The molecule has 186 valence electrons. The van der Waals surface area contributed by atoms with Gasteiger partial charge in [-0.2, -0.15) is 5.10 Å². The van der Waals surface area contributed by atoms with Crippen LogP contribution in [-0.4, -0.2) is 36.7 Å². The minimum absolute atomic E-state index is 0.0566. The van der Waals surface area contributed by atoms with E-state index in [0.717, 1.165) is 35.4 Å². The lowest BCUT2D eigenvalue weighted by atomic mass is 10.0. The summed E-state index contributed by atoms with van der Waals surface area (Å²) in [4.78, 5) is 17.2. The molecule has 1 aliphatic carbocycles. The number of ether oxygens (including phenoxy) is 1. The molecule has 3 aromatic heterocycles. The van der Waals surface area contributed by atoms with Gasteiger partial charge in [-0.15, -0.1) is 5.10 Å². The van der Waals surface area contributed by atoms with Crippen molar-refractivity contribution in [2.24, 2.45) is 0 Å². The lowest BCUT2D eigenvalue weighted by Crippen LogP contribution is -2.26. The van der Waals surface area contributed by atoms with Gasteiger partial charge in [0.1, 0.15) is 11.6 Å². The van der Waals surface area contributed by atoms with Crippen molar-refractivity contribution in [2.45, 2.75) is 32.4 Å². The molecule has 0 radical (unpaired) electrons. The van der Waals surface area contributed by atoms with Gasteiger partial charge in [0.05, 0.1) is 29.8 Å². The molecule has 10 heteroatoms. The van der Waals surface area contributed by atoms with Gasteiger partial charge in [0.15, 0.2) is 5.65 Å². The zero-order chi connectivity index (χ0) is 25.4. The lowest BCUT2D eigenvalue weighted by Gasteiger charge is -2.12. The molecular formula is C27H24FN7O2. The fourth-order valence-corrected chi connectivity index (χ4v) is 4.12. The third-order valence-corrected chi connectivity index (χ3v) is 6.17. The maximum atomic E-state index is 13.8. The monoisotopic (exact) mass is 497 g/mol. The van der Waals surface area contributed by atoms with Crippen LogP contribution in [0.1, 0.15) is 34.5 Å². The maximum Gasteiger partial charge on any atom is 0.251 e. The number of hydrogen-bond donors (Lipinski definition) is 3. The zero-order valence-corrected chi connectivity index (χ0v) is 20.0. The highest BCUT2D eigenvalue weighted by atomic mass is 19.1. The Kier molecular flexibility index (Phi) is 5.76. The third kappa shape index (κ3) is 4.86. The first-order valence-electron chi connectivity index (χ1n) is 12.0. The van der Waals surface area contributed by atoms with Gasteiger partial charge in [-0.05, 0) is 55.7 Å². The summed E-state index contributed by atoms with van der Waals surface area (Å²) in [5, 5.41) is 17.9. The number of rotatable bonds is 8. The predicted octanol–water partition coefficient (Wildman–Crippen LogP) is 4.86. The molecule has 9 nitrogen and oxygen atoms in total. The van der Waals surface area contributed by atoms with Gasteiger partial charge < -0.3 is 15.4 Å². The van der Waals surface area contributed by atoms with Crippen LogP contribution in [0.3, 0.4) is 0 Å². The minimum Gasteiger partial charge on any atom is -0.437 e. The van der Waals surface area contributed by atoms with Crippen molar-refractivity contribution in [3.05, 3.63) is 89.6 Å². The Bertz CT molecular complexity index is 1590. The van der Waals surface area contributed by atoms with Crippen molar-refractivity contribution >= 4 is 17.2 Å². The number of aryl methyl sites for hydroxylation is 1. The number of nitrogens with one attached hydrogen (secondary N) is 3. The summed E-state index contributed by atoms with van der Waals surface area (Å²) in [6.45, 7) is 2.39. The van der Waals surface area contributed by atoms with Crippen molar-refractivity contribution < 1.29 is 13.9 Å². The maximum absolute atomic E-state index is 13.8. The molecule has 1 amide bonds. The van der Waals surface area contributed by atoms with Crippen LogP contribution in [-0.2, 0) is 6.54 Å². The summed E-state index contributed by atoms with van der Waals surface area (Å²) >= 11 is 0. The number of aromatic amines is 1. The van der Waals surface area contributed by atoms with Gasteiger partial charge >= 0.3 is 0 Å². The first kappa shape index (κ1) is 22.7. The van der Waals surface area contributed by atoms with Crippen molar-refractivity contribution in [1.82, 2.24) is 30.1 Å². The van der Waals surface area contributed by atoms with Crippen LogP contribution >= 0.6 is 0 Å². The molecule has 0 bridgehead atoms. The lowest BCUT2D eigenvalue weighted by molar-refractivity contribution is 0.0950. The smallest absolute Gasteiger partial charge is 0.251 e. The number of halogens is 1. The molecule has 0 atom stereocenters. The fourth-order valence-electron chi connectivity index (χ4n) is 4.12. The van der Waals surface area contributed by atoms with Crippen molar-refractivity contribution in [1.29, 1.82) is 0 Å². The number of carbonyl (C=O) groups is 1. The van der Waals surface area contributed by atoms with Gasteiger partial charge in [-0.3, -0.25) is 9.89 Å². The average molecular weight is 498 g/mol. The van der Waals surface area contributed by atoms with Gasteiger partial charge in [-0.1, -0.05) is 12.1 Å². The van der Waals surface area contributed by atoms with Crippen LogP contribution in [0.2, 0.25) is 0 Å². The van der Waals surface area contributed by atoms with E-state index in [-0.39, 0.29) is 11.8 Å². The first-order valence-corrected chi connectivity index (χ1v) is 12.0. The van der Waals surface area contributed by atoms with E-state index in [4.69, 9.17) is 4.74 Å². The third-order valence-electron chi connectivity index (χ3n) is 6.17. The van der Waals surface area contributed by atoms with Gasteiger partial charge in [0.25, 0.3) is 5.91 Å². The van der Waals surface area contributed by atoms with E-state index in [1.165, 1.54) is 12.1 Å². The molecule has 0 unspecified atom stereocenters. The van der Waals surface area contributed by atoms with E-state index < -0.39 is 5.82 Å². The fraction of sp³-hybridized carbons (Fsp3) is 0.185. The molecule has 0 spiro atoms. The molecule has 5 aromatic rings. The predicted molar refractivity (Wildman–Crippen MR) is 136 cm³/mol. The highest BCUT2D eigenvalue weighted by Crippen LogP contribution is 2.30. The van der Waals surface area contributed by atoms with Crippen LogP contribution in [0.5, 0.6) is 11.6 Å². The molecule has 37 heavy (non-hydrogen) atoms. The summed E-state index contributed by atoms with van der Waals surface area (Å²) in [5.41, 5.74) is 5.24. The number of nitrogens with zero attached hydrogens (tertiary/aromatic N) is 4. The number of carbonyl (C=O) groups excluding carboxylic acids is 1. The van der Waals surface area contributed by atoms with Gasteiger partial charge in [-0.25, -0.2) is 13.9 Å². The molecule has 3 heterocycles. The number of H-pyrrole nitrogens is 1. The van der Waals surface area contributed by atoms with Crippen molar-refractivity contribution in [3.63, 3.8) is 0 Å². The molecule has 1 saturated carbocycles. The number of amides is 1. The van der Waals surface area contributed by atoms with Gasteiger partial charge in [0, 0.05) is 35.5 Å². The van der Waals surface area contributed by atoms with E-state index in [1.807, 2.05) is 31.2 Å². The molecule has 3 N–H and O–H groups in total. The Hall–Kier alpha value is -4.73. The number of fused-ring (bicyclic) bond motifs is 1. The summed E-state index contributed by atoms with van der Waals surface area (Å²) in [6, 6.07) is 15.4. The molecule has 6 rings (SSSR count). The van der Waals surface area contributed by atoms with Crippen LogP contribution < -0.4 is 15.4 Å². The molecule has 1 aliphatic rings. The summed E-state index contributed by atoms with van der Waals surface area (Å²) in [7, 11) is 0.